The van der Waals surface area contributed by atoms with Crippen molar-refractivity contribution >= 4 is 17.2 Å². The van der Waals surface area contributed by atoms with Gasteiger partial charge in [-0.15, -0.1) is 11.3 Å². The Labute approximate surface area is 216 Å². The molecule has 8 nitrogen and oxygen atoms in total. The van der Waals surface area contributed by atoms with E-state index in [1.807, 2.05) is 43.6 Å². The minimum atomic E-state index is -1.06. The van der Waals surface area contributed by atoms with Gasteiger partial charge in [0.25, 0.3) is 0 Å². The largest absolute Gasteiger partial charge is 0.392 e. The van der Waals surface area contributed by atoms with Crippen LogP contribution in [0.25, 0.3) is 10.4 Å². The second-order valence-corrected chi connectivity index (χ2v) is 10.6. The number of ether oxygens (including phenoxy) is 1. The summed E-state index contributed by atoms with van der Waals surface area (Å²) in [4.78, 5) is 20.2. The van der Waals surface area contributed by atoms with Crippen molar-refractivity contribution in [2.24, 2.45) is 11.7 Å². The molecule has 0 spiro atoms. The Morgan fingerprint density at radius 2 is 2.11 bits per heavy atom. The Hall–Kier alpha value is -2.32. The molecule has 1 unspecified atom stereocenters. The fraction of sp³-hybridized carbons (Fsp3) is 0.556. The van der Waals surface area contributed by atoms with Crippen LogP contribution in [0.1, 0.15) is 49.9 Å². The van der Waals surface area contributed by atoms with Crippen LogP contribution < -0.4 is 11.1 Å². The molecule has 2 aliphatic rings. The van der Waals surface area contributed by atoms with Gasteiger partial charge in [-0.1, -0.05) is 36.1 Å². The quantitative estimate of drug-likeness (QED) is 0.284. The number of aliphatic hydroxyl groups is 2. The van der Waals surface area contributed by atoms with E-state index in [1.54, 1.807) is 16.2 Å². The minimum absolute atomic E-state index is 0.192. The van der Waals surface area contributed by atoms with E-state index in [4.69, 9.17) is 10.5 Å². The third-order valence-corrected chi connectivity index (χ3v) is 7.75. The van der Waals surface area contributed by atoms with Crippen molar-refractivity contribution in [3.63, 3.8) is 0 Å². The molecule has 2 fully saturated rings. The molecular weight excluding hydrogens is 476 g/mol. The van der Waals surface area contributed by atoms with Crippen LogP contribution in [0.2, 0.25) is 0 Å². The summed E-state index contributed by atoms with van der Waals surface area (Å²) in [5.41, 5.74) is 11.1. The van der Waals surface area contributed by atoms with E-state index in [1.165, 1.54) is 12.8 Å². The summed E-state index contributed by atoms with van der Waals surface area (Å²) in [7, 11) is 0. The zero-order valence-electron chi connectivity index (χ0n) is 20.9. The van der Waals surface area contributed by atoms with E-state index in [2.05, 4.69) is 22.1 Å². The number of aryl methyl sites for hydroxylation is 1. The normalized spacial score (nSPS) is 22.5. The first-order chi connectivity index (χ1) is 17.3. The molecule has 4 rings (SSSR count). The van der Waals surface area contributed by atoms with Crippen LogP contribution >= 0.6 is 11.3 Å². The smallest absolute Gasteiger partial charge is 0.238 e. The highest BCUT2D eigenvalue weighted by atomic mass is 32.1. The van der Waals surface area contributed by atoms with Crippen LogP contribution in [0.5, 0.6) is 0 Å². The van der Waals surface area contributed by atoms with Crippen LogP contribution in [0.3, 0.4) is 0 Å². The van der Waals surface area contributed by atoms with E-state index in [-0.39, 0.29) is 24.9 Å². The van der Waals surface area contributed by atoms with Crippen molar-refractivity contribution < 1.29 is 19.7 Å². The predicted molar refractivity (Wildman–Crippen MR) is 140 cm³/mol. The third-order valence-electron chi connectivity index (χ3n) is 6.77. The van der Waals surface area contributed by atoms with Crippen molar-refractivity contribution in [2.45, 2.75) is 70.0 Å². The first kappa shape index (κ1) is 26.7. The van der Waals surface area contributed by atoms with Crippen molar-refractivity contribution in [2.75, 3.05) is 19.8 Å². The third kappa shape index (κ3) is 6.91. The fourth-order valence-corrected chi connectivity index (χ4v) is 5.25. The Kier molecular flexibility index (Phi) is 9.12. The molecule has 0 radical (unpaired) electrons. The second-order valence-electron chi connectivity index (χ2n) is 9.74. The molecule has 0 bridgehead atoms. The van der Waals surface area contributed by atoms with Crippen LogP contribution in [0.4, 0.5) is 0 Å². The van der Waals surface area contributed by atoms with E-state index in [0.29, 0.717) is 25.6 Å². The van der Waals surface area contributed by atoms with E-state index >= 15 is 0 Å². The zero-order valence-corrected chi connectivity index (χ0v) is 21.7. The molecule has 5 atom stereocenters. The topological polar surface area (TPSA) is 121 Å². The fourth-order valence-electron chi connectivity index (χ4n) is 4.43. The van der Waals surface area contributed by atoms with Gasteiger partial charge in [0.15, 0.2) is 0 Å². The highest BCUT2D eigenvalue weighted by Gasteiger charge is 2.41. The molecule has 1 aromatic heterocycles. The van der Waals surface area contributed by atoms with Gasteiger partial charge >= 0.3 is 0 Å². The Morgan fingerprint density at radius 1 is 1.36 bits per heavy atom. The van der Waals surface area contributed by atoms with Gasteiger partial charge in [-0.05, 0) is 50.7 Å². The van der Waals surface area contributed by atoms with Crippen molar-refractivity contribution in [1.82, 2.24) is 15.2 Å². The number of β-amino-alcohol motifs (C(OH)–C–C–N with tert-alkyl or cyclic N) is 1. The van der Waals surface area contributed by atoms with E-state index in [0.717, 1.165) is 21.7 Å². The number of benzene rings is 1. The van der Waals surface area contributed by atoms with Gasteiger partial charge in [-0.3, -0.25) is 9.69 Å². The average Bonchev–Trinajstić information content (AvgIpc) is 3.46. The van der Waals surface area contributed by atoms with Gasteiger partial charge in [0.05, 0.1) is 34.3 Å². The SMILES string of the molecule is Cc1ncsc1-c1ccc([C@H](C)NC(=O)[C@@H]2C[C@@H](O)CN2C(O)[C@@H](N)CCOCC#CC2CC2)cc1. The predicted octanol–water partition coefficient (Wildman–Crippen LogP) is 2.20. The monoisotopic (exact) mass is 512 g/mol. The Morgan fingerprint density at radius 3 is 2.78 bits per heavy atom. The maximum atomic E-state index is 13.1. The van der Waals surface area contributed by atoms with Gasteiger partial charge in [0.1, 0.15) is 12.8 Å². The number of thiazole rings is 1. The standard InChI is InChI=1S/C27H36N4O4S/c1-17(20-7-9-21(10-8-20)25-18(2)29-16-36-25)30-26(33)24-14-22(32)15-31(24)27(34)23(28)11-13-35-12-3-4-19-5-6-19/h7-10,16-17,19,22-24,27,32,34H,5-6,11-15,28H2,1-2H3,(H,30,33)/t17-,22+,23-,24-,27?/m0/s1. The van der Waals surface area contributed by atoms with Crippen LogP contribution in [0.15, 0.2) is 29.8 Å². The molecule has 2 heterocycles. The van der Waals surface area contributed by atoms with Gasteiger partial charge in [0.2, 0.25) is 5.91 Å². The summed E-state index contributed by atoms with van der Waals surface area (Å²) < 4.78 is 5.52. The summed E-state index contributed by atoms with van der Waals surface area (Å²) in [6.07, 6.45) is 1.27. The van der Waals surface area contributed by atoms with Crippen LogP contribution in [-0.2, 0) is 9.53 Å². The molecule has 2 aromatic rings. The van der Waals surface area contributed by atoms with Gasteiger partial charge in [-0.2, -0.15) is 0 Å². The summed E-state index contributed by atoms with van der Waals surface area (Å²) in [6.45, 7) is 4.83. The number of aliphatic hydroxyl groups excluding tert-OH is 2. The molecule has 1 amide bonds. The lowest BCUT2D eigenvalue weighted by atomic mass is 10.0. The maximum Gasteiger partial charge on any atom is 0.238 e. The summed E-state index contributed by atoms with van der Waals surface area (Å²) in [6, 6.07) is 6.57. The number of nitrogens with two attached hydrogens (primary N) is 1. The van der Waals surface area contributed by atoms with Crippen LogP contribution in [-0.4, -0.2) is 70.2 Å². The first-order valence-electron chi connectivity index (χ1n) is 12.6. The number of carbonyl (C=O) groups excluding carboxylic acids is 1. The molecule has 1 aromatic carbocycles. The summed E-state index contributed by atoms with van der Waals surface area (Å²) in [5.74, 6) is 6.44. The lowest BCUT2D eigenvalue weighted by Gasteiger charge is -2.32. The molecule has 36 heavy (non-hydrogen) atoms. The van der Waals surface area contributed by atoms with Gasteiger partial charge in [0, 0.05) is 25.1 Å². The number of carbonyl (C=O) groups is 1. The molecular formula is C27H36N4O4S. The van der Waals surface area contributed by atoms with Crippen molar-refractivity contribution in [3.8, 4) is 22.3 Å². The van der Waals surface area contributed by atoms with Crippen LogP contribution in [0, 0.1) is 24.7 Å². The number of nitrogens with zero attached hydrogens (tertiary/aromatic N) is 2. The molecule has 194 valence electrons. The molecule has 1 saturated carbocycles. The van der Waals surface area contributed by atoms with E-state index in [9.17, 15) is 15.0 Å². The minimum Gasteiger partial charge on any atom is -0.392 e. The molecule has 1 aliphatic carbocycles. The maximum absolute atomic E-state index is 13.1. The highest BCUT2D eigenvalue weighted by Crippen LogP contribution is 2.29. The average molecular weight is 513 g/mol. The number of hydrogen-bond acceptors (Lipinski definition) is 8. The van der Waals surface area contributed by atoms with Gasteiger partial charge in [-0.25, -0.2) is 4.98 Å². The number of amides is 1. The summed E-state index contributed by atoms with van der Waals surface area (Å²) >= 11 is 1.60. The number of hydrogen-bond donors (Lipinski definition) is 4. The van der Waals surface area contributed by atoms with Gasteiger partial charge < -0.3 is 26.0 Å². The molecule has 1 aliphatic heterocycles. The van der Waals surface area contributed by atoms with Crippen molar-refractivity contribution in [1.29, 1.82) is 0 Å². The highest BCUT2D eigenvalue weighted by molar-refractivity contribution is 7.13. The first-order valence-corrected chi connectivity index (χ1v) is 13.5. The Bertz CT molecular complexity index is 1080. The zero-order chi connectivity index (χ0) is 25.7. The molecule has 5 N–H and O–H groups in total. The molecule has 9 heteroatoms. The lowest BCUT2D eigenvalue weighted by Crippen LogP contribution is -2.54. The van der Waals surface area contributed by atoms with E-state index < -0.39 is 24.4 Å². The number of likely N-dealkylation sites (tertiary alicyclic amines) is 1. The number of nitrogens with one attached hydrogen (secondary N) is 1. The lowest BCUT2D eigenvalue weighted by molar-refractivity contribution is -0.131. The number of aromatic nitrogens is 1. The Balaban J connectivity index is 1.29. The van der Waals surface area contributed by atoms with Crippen molar-refractivity contribution in [3.05, 3.63) is 41.0 Å². The summed E-state index contributed by atoms with van der Waals surface area (Å²) in [5, 5.41) is 24.1. The molecule has 1 saturated heterocycles. The number of rotatable bonds is 10. The second kappa shape index (κ2) is 12.3.